The Labute approximate surface area is 59.6 Å². The molecule has 1 heterocycles. The lowest BCUT2D eigenvalue weighted by atomic mass is 10.0. The fourth-order valence-electron chi connectivity index (χ4n) is 0.998. The van der Waals surface area contributed by atoms with Gasteiger partial charge in [-0.25, -0.2) is 0 Å². The van der Waals surface area contributed by atoms with Crippen molar-refractivity contribution in [1.29, 1.82) is 0 Å². The molecule has 1 fully saturated rings. The minimum atomic E-state index is -1.06. The lowest BCUT2D eigenvalue weighted by molar-refractivity contribution is -0.216. The maximum absolute atomic E-state index is 9.01. The molecule has 0 spiro atoms. The summed E-state index contributed by atoms with van der Waals surface area (Å²) in [5.41, 5.74) is 5.53. The molecule has 0 bridgehead atoms. The van der Waals surface area contributed by atoms with Gasteiger partial charge in [-0.1, -0.05) is 0 Å². The summed E-state index contributed by atoms with van der Waals surface area (Å²) >= 11 is 0. The van der Waals surface area contributed by atoms with E-state index in [4.69, 9.17) is 20.7 Å². The van der Waals surface area contributed by atoms with Gasteiger partial charge in [0.25, 0.3) is 0 Å². The maximum atomic E-state index is 9.01. The van der Waals surface area contributed by atoms with Gasteiger partial charge in [0, 0.05) is 6.04 Å². The topological polar surface area (TPSA) is 75.7 Å². The molecule has 0 aromatic rings. The summed E-state index contributed by atoms with van der Waals surface area (Å²) in [6.07, 6.45) is -1.65. The molecule has 4 N–H and O–H groups in total. The maximum Gasteiger partial charge on any atom is 0.181 e. The molecule has 60 valence electrons. The zero-order valence-electron chi connectivity index (χ0n) is 5.90. The monoisotopic (exact) mass is 147 g/mol. The molecule has 1 rings (SSSR count). The second-order valence-corrected chi connectivity index (χ2v) is 2.70. The van der Waals surface area contributed by atoms with Gasteiger partial charge in [-0.15, -0.1) is 0 Å². The zero-order valence-corrected chi connectivity index (χ0v) is 5.90. The van der Waals surface area contributed by atoms with Crippen LogP contribution in [0, 0.1) is 0 Å². The van der Waals surface area contributed by atoms with Crippen molar-refractivity contribution in [2.75, 3.05) is 0 Å². The van der Waals surface area contributed by atoms with Gasteiger partial charge >= 0.3 is 0 Å². The Morgan fingerprint density at radius 3 is 2.60 bits per heavy atom. The molecule has 1 saturated heterocycles. The van der Waals surface area contributed by atoms with Gasteiger partial charge in [0.1, 0.15) is 6.10 Å². The Kier molecular flexibility index (Phi) is 2.25. The first-order valence-corrected chi connectivity index (χ1v) is 3.38. The van der Waals surface area contributed by atoms with E-state index < -0.39 is 12.4 Å². The van der Waals surface area contributed by atoms with E-state index in [1.807, 2.05) is 0 Å². The number of hydrogen-bond donors (Lipinski definition) is 3. The molecule has 0 saturated carbocycles. The van der Waals surface area contributed by atoms with Crippen LogP contribution >= 0.6 is 0 Å². The standard InChI is InChI=1S/C6H13NO3/c1-3-4(7)2-5(8)6(9)10-3/h3-6,8-9H,2,7H2,1H3/t3-,4-,5-,6+/m1/s1. The van der Waals surface area contributed by atoms with Crippen LogP contribution in [0.3, 0.4) is 0 Å². The van der Waals surface area contributed by atoms with E-state index in [1.165, 1.54) is 0 Å². The molecule has 1 aliphatic heterocycles. The van der Waals surface area contributed by atoms with Gasteiger partial charge in [-0.3, -0.25) is 0 Å². The Bertz CT molecular complexity index is 93.6. The van der Waals surface area contributed by atoms with Crippen LogP contribution < -0.4 is 5.73 Å². The minimum absolute atomic E-state index is 0.168. The SMILES string of the molecule is C[C@H]1O[C@H](O)[C@H](O)C[C@H]1N. The van der Waals surface area contributed by atoms with Crippen molar-refractivity contribution < 1.29 is 14.9 Å². The van der Waals surface area contributed by atoms with E-state index in [1.54, 1.807) is 6.92 Å². The van der Waals surface area contributed by atoms with Crippen LogP contribution in [0.4, 0.5) is 0 Å². The average molecular weight is 147 g/mol. The average Bonchev–Trinajstić information content (AvgIpc) is 1.84. The number of aliphatic hydroxyl groups is 2. The predicted molar refractivity (Wildman–Crippen MR) is 35.2 cm³/mol. The van der Waals surface area contributed by atoms with E-state index in [0.29, 0.717) is 6.42 Å². The second kappa shape index (κ2) is 2.84. The third-order valence-corrected chi connectivity index (χ3v) is 1.80. The summed E-state index contributed by atoms with van der Waals surface area (Å²) in [6, 6.07) is -0.168. The predicted octanol–water partition coefficient (Wildman–Crippen LogP) is -1.20. The molecule has 0 amide bonds. The van der Waals surface area contributed by atoms with Crippen molar-refractivity contribution in [1.82, 2.24) is 0 Å². The van der Waals surface area contributed by atoms with E-state index in [-0.39, 0.29) is 12.1 Å². The molecule has 4 heteroatoms. The second-order valence-electron chi connectivity index (χ2n) is 2.70. The van der Waals surface area contributed by atoms with Gasteiger partial charge in [0.05, 0.1) is 6.10 Å². The van der Waals surface area contributed by atoms with Crippen LogP contribution in [0.25, 0.3) is 0 Å². The van der Waals surface area contributed by atoms with Crippen molar-refractivity contribution in [3.8, 4) is 0 Å². The number of hydrogen-bond acceptors (Lipinski definition) is 4. The summed E-state index contributed by atoms with van der Waals surface area (Å²) < 4.78 is 4.89. The van der Waals surface area contributed by atoms with Gasteiger partial charge in [0.15, 0.2) is 6.29 Å². The quantitative estimate of drug-likeness (QED) is 0.402. The van der Waals surface area contributed by atoms with Crippen molar-refractivity contribution in [3.63, 3.8) is 0 Å². The summed E-state index contributed by atoms with van der Waals surface area (Å²) in [5, 5.41) is 17.9. The number of nitrogens with two attached hydrogens (primary N) is 1. The third-order valence-electron chi connectivity index (χ3n) is 1.80. The summed E-state index contributed by atoms with van der Waals surface area (Å²) in [6.45, 7) is 1.78. The fraction of sp³-hybridized carbons (Fsp3) is 1.00. The lowest BCUT2D eigenvalue weighted by Crippen LogP contribution is -2.49. The Morgan fingerprint density at radius 1 is 1.50 bits per heavy atom. The zero-order chi connectivity index (χ0) is 7.72. The highest BCUT2D eigenvalue weighted by molar-refractivity contribution is 4.80. The van der Waals surface area contributed by atoms with E-state index in [9.17, 15) is 0 Å². The lowest BCUT2D eigenvalue weighted by Gasteiger charge is -2.33. The highest BCUT2D eigenvalue weighted by Gasteiger charge is 2.31. The Morgan fingerprint density at radius 2 is 2.10 bits per heavy atom. The van der Waals surface area contributed by atoms with Gasteiger partial charge in [-0.05, 0) is 13.3 Å². The fourth-order valence-corrected chi connectivity index (χ4v) is 0.998. The third kappa shape index (κ3) is 1.46. The van der Waals surface area contributed by atoms with E-state index >= 15 is 0 Å². The van der Waals surface area contributed by atoms with Crippen LogP contribution in [-0.4, -0.2) is 34.8 Å². The Hall–Kier alpha value is -0.160. The molecule has 0 aromatic heterocycles. The van der Waals surface area contributed by atoms with Crippen LogP contribution in [-0.2, 0) is 4.74 Å². The molecule has 10 heavy (non-hydrogen) atoms. The first-order valence-electron chi connectivity index (χ1n) is 3.38. The Balaban J connectivity index is 2.46. The van der Waals surface area contributed by atoms with Crippen molar-refractivity contribution in [2.24, 2.45) is 5.73 Å². The molecular weight excluding hydrogens is 134 g/mol. The summed E-state index contributed by atoms with van der Waals surface area (Å²) in [5.74, 6) is 0. The van der Waals surface area contributed by atoms with E-state index in [0.717, 1.165) is 0 Å². The van der Waals surface area contributed by atoms with Crippen LogP contribution in [0.15, 0.2) is 0 Å². The summed E-state index contributed by atoms with van der Waals surface area (Å²) in [7, 11) is 0. The van der Waals surface area contributed by atoms with Crippen molar-refractivity contribution in [3.05, 3.63) is 0 Å². The molecule has 0 radical (unpaired) electrons. The van der Waals surface area contributed by atoms with Crippen molar-refractivity contribution in [2.45, 2.75) is 37.9 Å². The first-order chi connectivity index (χ1) is 4.61. The number of aliphatic hydroxyl groups excluding tert-OH is 2. The highest BCUT2D eigenvalue weighted by atomic mass is 16.6. The minimum Gasteiger partial charge on any atom is -0.388 e. The van der Waals surface area contributed by atoms with Gasteiger partial charge in [-0.2, -0.15) is 0 Å². The molecule has 0 unspecified atom stereocenters. The number of ether oxygens (including phenoxy) is 1. The first kappa shape index (κ1) is 7.94. The molecular formula is C6H13NO3. The van der Waals surface area contributed by atoms with Gasteiger partial charge in [0.2, 0.25) is 0 Å². The highest BCUT2D eigenvalue weighted by Crippen LogP contribution is 2.16. The van der Waals surface area contributed by atoms with E-state index in [2.05, 4.69) is 0 Å². The molecule has 4 nitrogen and oxygen atoms in total. The smallest absolute Gasteiger partial charge is 0.181 e. The van der Waals surface area contributed by atoms with Crippen molar-refractivity contribution >= 4 is 0 Å². The molecule has 0 aromatic carbocycles. The molecule has 0 aliphatic carbocycles. The number of rotatable bonds is 0. The normalized spacial score (nSPS) is 49.2. The largest absolute Gasteiger partial charge is 0.388 e. The molecule has 4 atom stereocenters. The van der Waals surface area contributed by atoms with Crippen LogP contribution in [0.2, 0.25) is 0 Å². The van der Waals surface area contributed by atoms with Gasteiger partial charge < -0.3 is 20.7 Å². The molecule has 1 aliphatic rings. The summed E-state index contributed by atoms with van der Waals surface area (Å²) in [4.78, 5) is 0. The van der Waals surface area contributed by atoms with Crippen LogP contribution in [0.1, 0.15) is 13.3 Å². The van der Waals surface area contributed by atoms with Crippen LogP contribution in [0.5, 0.6) is 0 Å².